The van der Waals surface area contributed by atoms with Gasteiger partial charge in [-0.2, -0.15) is 0 Å². The summed E-state index contributed by atoms with van der Waals surface area (Å²) >= 11 is 0. The van der Waals surface area contributed by atoms with E-state index in [0.717, 1.165) is 11.1 Å². The lowest BCUT2D eigenvalue weighted by molar-refractivity contribution is 0.0827. The van der Waals surface area contributed by atoms with E-state index < -0.39 is 0 Å². The molecule has 0 aliphatic heterocycles. The molecule has 1 aliphatic rings. The van der Waals surface area contributed by atoms with Crippen LogP contribution in [0.2, 0.25) is 0 Å². The van der Waals surface area contributed by atoms with Crippen molar-refractivity contribution in [3.05, 3.63) is 77.9 Å². The maximum Gasteiger partial charge on any atom is 0.253 e. The van der Waals surface area contributed by atoms with Crippen molar-refractivity contribution in [1.82, 2.24) is 4.90 Å². The number of benzene rings is 1. The number of allylic oxidation sites excluding steroid dienone is 7. The van der Waals surface area contributed by atoms with Crippen molar-refractivity contribution < 1.29 is 4.79 Å². The normalized spacial score (nSPS) is 16.0. The van der Waals surface area contributed by atoms with Gasteiger partial charge in [0.1, 0.15) is 0 Å². The molecule has 1 aromatic rings. The van der Waals surface area contributed by atoms with Gasteiger partial charge in [-0.3, -0.25) is 4.79 Å². The maximum absolute atomic E-state index is 11.8. The van der Waals surface area contributed by atoms with Gasteiger partial charge in [0.05, 0.1) is 0 Å². The van der Waals surface area contributed by atoms with Crippen molar-refractivity contribution in [3.63, 3.8) is 0 Å². The summed E-state index contributed by atoms with van der Waals surface area (Å²) in [5.74, 6) is 0.876. The molecule has 0 saturated heterocycles. The summed E-state index contributed by atoms with van der Waals surface area (Å²) in [6.07, 6.45) is 17.1. The van der Waals surface area contributed by atoms with Gasteiger partial charge in [0, 0.05) is 25.6 Å². The molecule has 0 bridgehead atoms. The smallest absolute Gasteiger partial charge is 0.253 e. The lowest BCUT2D eigenvalue weighted by atomic mass is 9.92. The fourth-order valence-corrected chi connectivity index (χ4v) is 2.31. The van der Waals surface area contributed by atoms with Crippen LogP contribution in [-0.4, -0.2) is 24.9 Å². The van der Waals surface area contributed by atoms with Crippen LogP contribution in [0.1, 0.15) is 22.8 Å². The van der Waals surface area contributed by atoms with E-state index in [2.05, 4.69) is 43.4 Å². The quantitative estimate of drug-likeness (QED) is 0.809. The van der Waals surface area contributed by atoms with Crippen LogP contribution in [0.3, 0.4) is 0 Å². The summed E-state index contributed by atoms with van der Waals surface area (Å²) in [6, 6.07) is 7.73. The van der Waals surface area contributed by atoms with Crippen molar-refractivity contribution in [2.24, 2.45) is 11.8 Å². The standard InChI is InChI=1S/C20H23NO/c1-16(18-8-6-4-5-7-9-18)10-11-17-12-14-19(15-13-17)20(22)21(2)3/h4-16,18H,1-3H3/b11-10+. The van der Waals surface area contributed by atoms with Crippen molar-refractivity contribution in [1.29, 1.82) is 0 Å². The summed E-state index contributed by atoms with van der Waals surface area (Å²) in [5, 5.41) is 0. The van der Waals surface area contributed by atoms with Crippen LogP contribution < -0.4 is 0 Å². The molecule has 0 aromatic heterocycles. The van der Waals surface area contributed by atoms with Gasteiger partial charge < -0.3 is 4.90 Å². The van der Waals surface area contributed by atoms with Gasteiger partial charge >= 0.3 is 0 Å². The molecule has 1 atom stereocenters. The molecule has 1 unspecified atom stereocenters. The minimum absolute atomic E-state index is 0.0325. The third-order valence-corrected chi connectivity index (χ3v) is 3.76. The SMILES string of the molecule is CC(/C=C/c1ccc(C(=O)N(C)C)cc1)C1C=CC=CC=C1. The Kier molecular flexibility index (Phi) is 5.54. The first kappa shape index (κ1) is 16.0. The topological polar surface area (TPSA) is 20.3 Å². The van der Waals surface area contributed by atoms with E-state index in [1.54, 1.807) is 19.0 Å². The van der Waals surface area contributed by atoms with E-state index in [1.807, 2.05) is 36.4 Å². The van der Waals surface area contributed by atoms with Crippen molar-refractivity contribution >= 4 is 12.0 Å². The molecule has 0 N–H and O–H groups in total. The summed E-state index contributed by atoms with van der Waals surface area (Å²) in [7, 11) is 3.53. The molecular weight excluding hydrogens is 270 g/mol. The second-order valence-electron chi connectivity index (χ2n) is 5.77. The van der Waals surface area contributed by atoms with Crippen molar-refractivity contribution in [2.45, 2.75) is 6.92 Å². The zero-order chi connectivity index (χ0) is 15.9. The van der Waals surface area contributed by atoms with Gasteiger partial charge in [-0.15, -0.1) is 0 Å². The highest BCUT2D eigenvalue weighted by molar-refractivity contribution is 5.94. The van der Waals surface area contributed by atoms with Gasteiger partial charge in [0.2, 0.25) is 0 Å². The number of rotatable bonds is 4. The van der Waals surface area contributed by atoms with E-state index in [4.69, 9.17) is 0 Å². The van der Waals surface area contributed by atoms with Gasteiger partial charge in [-0.1, -0.05) is 67.7 Å². The zero-order valence-corrected chi connectivity index (χ0v) is 13.4. The third-order valence-electron chi connectivity index (χ3n) is 3.76. The van der Waals surface area contributed by atoms with Crippen molar-refractivity contribution in [3.8, 4) is 0 Å². The molecule has 114 valence electrons. The molecule has 22 heavy (non-hydrogen) atoms. The Labute approximate surface area is 133 Å². The van der Waals surface area contributed by atoms with E-state index in [0.29, 0.717) is 11.8 Å². The number of amides is 1. The molecule has 0 fully saturated rings. The Hall–Kier alpha value is -2.35. The van der Waals surface area contributed by atoms with Gasteiger partial charge in [0.15, 0.2) is 0 Å². The lowest BCUT2D eigenvalue weighted by Gasteiger charge is -2.13. The molecule has 0 radical (unpaired) electrons. The first-order chi connectivity index (χ1) is 10.6. The van der Waals surface area contributed by atoms with E-state index in [9.17, 15) is 4.79 Å². The molecule has 0 saturated carbocycles. The van der Waals surface area contributed by atoms with Crippen LogP contribution in [0.15, 0.2) is 66.8 Å². The highest BCUT2D eigenvalue weighted by atomic mass is 16.2. The first-order valence-corrected chi connectivity index (χ1v) is 7.59. The number of carbonyl (C=O) groups is 1. The molecule has 2 rings (SSSR count). The number of hydrogen-bond donors (Lipinski definition) is 0. The van der Waals surface area contributed by atoms with Crippen LogP contribution in [0.25, 0.3) is 6.08 Å². The van der Waals surface area contributed by atoms with E-state index >= 15 is 0 Å². The fraction of sp³-hybridized carbons (Fsp3) is 0.250. The monoisotopic (exact) mass is 293 g/mol. The average Bonchev–Trinajstić information content (AvgIpc) is 2.81. The van der Waals surface area contributed by atoms with Gasteiger partial charge in [0.25, 0.3) is 5.91 Å². The Morgan fingerprint density at radius 2 is 1.64 bits per heavy atom. The molecule has 2 nitrogen and oxygen atoms in total. The Morgan fingerprint density at radius 3 is 2.18 bits per heavy atom. The minimum atomic E-state index is 0.0325. The zero-order valence-electron chi connectivity index (χ0n) is 13.4. The summed E-state index contributed by atoms with van der Waals surface area (Å²) in [4.78, 5) is 13.4. The van der Waals surface area contributed by atoms with Crippen LogP contribution in [-0.2, 0) is 0 Å². The highest BCUT2D eigenvalue weighted by Crippen LogP contribution is 2.19. The van der Waals surface area contributed by atoms with Gasteiger partial charge in [-0.25, -0.2) is 0 Å². The Balaban J connectivity index is 2.02. The van der Waals surface area contributed by atoms with Gasteiger partial charge in [-0.05, 0) is 23.6 Å². The Bertz CT molecular complexity index is 602. The summed E-state index contributed by atoms with van der Waals surface area (Å²) in [6.45, 7) is 2.21. The summed E-state index contributed by atoms with van der Waals surface area (Å²) < 4.78 is 0. The predicted molar refractivity (Wildman–Crippen MR) is 93.6 cm³/mol. The molecule has 0 spiro atoms. The number of nitrogens with zero attached hydrogens (tertiary/aromatic N) is 1. The van der Waals surface area contributed by atoms with Crippen molar-refractivity contribution in [2.75, 3.05) is 14.1 Å². The minimum Gasteiger partial charge on any atom is -0.345 e. The van der Waals surface area contributed by atoms with Crippen LogP contribution in [0.5, 0.6) is 0 Å². The predicted octanol–water partition coefficient (Wildman–Crippen LogP) is 4.34. The molecular formula is C20H23NO. The number of carbonyl (C=O) groups excluding carboxylic acids is 1. The van der Waals surface area contributed by atoms with Crippen LogP contribution in [0.4, 0.5) is 0 Å². The fourth-order valence-electron chi connectivity index (χ4n) is 2.31. The second kappa shape index (κ2) is 7.60. The molecule has 2 heteroatoms. The third kappa shape index (κ3) is 4.32. The van der Waals surface area contributed by atoms with E-state index in [1.165, 1.54) is 0 Å². The molecule has 0 heterocycles. The van der Waals surface area contributed by atoms with E-state index in [-0.39, 0.29) is 5.91 Å². The maximum atomic E-state index is 11.8. The molecule has 1 aliphatic carbocycles. The molecule has 1 aromatic carbocycles. The average molecular weight is 293 g/mol. The largest absolute Gasteiger partial charge is 0.345 e. The second-order valence-corrected chi connectivity index (χ2v) is 5.77. The van der Waals surface area contributed by atoms with Crippen LogP contribution >= 0.6 is 0 Å². The number of hydrogen-bond acceptors (Lipinski definition) is 1. The first-order valence-electron chi connectivity index (χ1n) is 7.59. The lowest BCUT2D eigenvalue weighted by Crippen LogP contribution is -2.21. The van der Waals surface area contributed by atoms with Crippen LogP contribution in [0, 0.1) is 11.8 Å². The Morgan fingerprint density at radius 1 is 1.05 bits per heavy atom. The molecule has 1 amide bonds. The highest BCUT2D eigenvalue weighted by Gasteiger charge is 2.09. The summed E-state index contributed by atoms with van der Waals surface area (Å²) in [5.41, 5.74) is 1.83.